The van der Waals surface area contributed by atoms with Gasteiger partial charge < -0.3 is 4.74 Å². The van der Waals surface area contributed by atoms with E-state index in [0.29, 0.717) is 0 Å². The average molecular weight is 394 g/mol. The Morgan fingerprint density at radius 2 is 2.12 bits per heavy atom. The van der Waals surface area contributed by atoms with Crippen LogP contribution in [0.25, 0.3) is 5.69 Å². The second-order valence-corrected chi connectivity index (χ2v) is 6.39. The summed E-state index contributed by atoms with van der Waals surface area (Å²) in [6.07, 6.45) is -1.49. The van der Waals surface area contributed by atoms with Crippen LogP contribution < -0.4 is 5.32 Å². The minimum absolute atomic E-state index is 0.142. The topological polar surface area (TPSA) is 56.1 Å². The number of hydrogen-bond acceptors (Lipinski definition) is 3. The van der Waals surface area contributed by atoms with E-state index in [9.17, 15) is 18.0 Å². The lowest BCUT2D eigenvalue weighted by atomic mass is 10.1. The molecule has 2 rings (SSSR count). The van der Waals surface area contributed by atoms with E-state index >= 15 is 0 Å². The molecule has 1 aromatic heterocycles. The van der Waals surface area contributed by atoms with Crippen LogP contribution >= 0.6 is 23.2 Å². The number of carbonyl (C=O) groups is 1. The van der Waals surface area contributed by atoms with Gasteiger partial charge in [0.25, 0.3) is 0 Å². The molecular weight excluding hydrogens is 382 g/mol. The fraction of sp³-hybridized carbons (Fsp3) is 0.200. The zero-order chi connectivity index (χ0) is 18.7. The van der Waals surface area contributed by atoms with E-state index in [4.69, 9.17) is 27.9 Å². The molecule has 0 fully saturated rings. The van der Waals surface area contributed by atoms with Crippen molar-refractivity contribution < 1.29 is 22.7 Å². The van der Waals surface area contributed by atoms with Crippen molar-refractivity contribution in [3.63, 3.8) is 0 Å². The number of aromatic nitrogens is 2. The van der Waals surface area contributed by atoms with Crippen LogP contribution in [0.4, 0.5) is 23.7 Å². The Balaban J connectivity index is 2.27. The van der Waals surface area contributed by atoms with Crippen LogP contribution in [0.15, 0.2) is 49.3 Å². The van der Waals surface area contributed by atoms with E-state index in [-0.39, 0.29) is 11.4 Å². The minimum Gasteiger partial charge on any atom is -0.446 e. The largest absolute Gasteiger partial charge is 0.446 e. The number of alkyl halides is 5. The van der Waals surface area contributed by atoms with Crippen molar-refractivity contribution in [2.75, 3.05) is 11.9 Å². The fourth-order valence-electron chi connectivity index (χ4n) is 1.79. The monoisotopic (exact) mass is 393 g/mol. The summed E-state index contributed by atoms with van der Waals surface area (Å²) in [6, 6.07) is 4.43. The number of benzene rings is 1. The number of carbonyl (C=O) groups excluding carboxylic acids is 1. The van der Waals surface area contributed by atoms with Gasteiger partial charge in [0.1, 0.15) is 6.61 Å². The van der Waals surface area contributed by atoms with Crippen LogP contribution in [-0.2, 0) is 10.9 Å². The fourth-order valence-corrected chi connectivity index (χ4v) is 1.90. The van der Waals surface area contributed by atoms with Gasteiger partial charge in [-0.15, -0.1) is 0 Å². The molecule has 0 spiro atoms. The molecule has 0 saturated heterocycles. The Morgan fingerprint density at radius 3 is 2.68 bits per heavy atom. The molecular formula is C15H12Cl2F3N3O2. The van der Waals surface area contributed by atoms with Gasteiger partial charge in [-0.3, -0.25) is 5.32 Å². The summed E-state index contributed by atoms with van der Waals surface area (Å²) in [4.78, 5) is 11.9. The molecule has 0 atom stereocenters. The maximum Gasteiger partial charge on any atom is 0.416 e. The molecule has 2 aromatic rings. The van der Waals surface area contributed by atoms with Gasteiger partial charge in [-0.05, 0) is 24.3 Å². The van der Waals surface area contributed by atoms with Crippen LogP contribution in [0.1, 0.15) is 5.56 Å². The zero-order valence-electron chi connectivity index (χ0n) is 12.6. The first-order valence-electron chi connectivity index (χ1n) is 6.79. The second-order valence-electron chi connectivity index (χ2n) is 4.85. The smallest absolute Gasteiger partial charge is 0.416 e. The standard InChI is InChI=1S/C15H12Cl2F3N3O2/c1-2-14(16,17)9-25-13(24)22-11-8-10(15(18,19)20)4-5-12(11)23-7-3-6-21-23/h2-8H,1,9H2,(H,22,24). The van der Waals surface area contributed by atoms with Crippen LogP contribution in [0.5, 0.6) is 0 Å². The van der Waals surface area contributed by atoms with Gasteiger partial charge in [0.15, 0.2) is 4.33 Å². The van der Waals surface area contributed by atoms with Crippen molar-refractivity contribution in [2.45, 2.75) is 10.5 Å². The van der Waals surface area contributed by atoms with Crippen LogP contribution in [0, 0.1) is 0 Å². The van der Waals surface area contributed by atoms with Crippen LogP contribution in [0.3, 0.4) is 0 Å². The van der Waals surface area contributed by atoms with E-state index < -0.39 is 28.8 Å². The number of anilines is 1. The molecule has 0 radical (unpaired) electrons. The van der Waals surface area contributed by atoms with Gasteiger partial charge in [0.2, 0.25) is 0 Å². The molecule has 0 bridgehead atoms. The van der Waals surface area contributed by atoms with E-state index in [1.165, 1.54) is 23.1 Å². The molecule has 0 aliphatic carbocycles. The number of nitrogens with zero attached hydrogens (tertiary/aromatic N) is 2. The Labute approximate surface area is 151 Å². The van der Waals surface area contributed by atoms with Gasteiger partial charge in [0.05, 0.1) is 16.9 Å². The third-order valence-corrected chi connectivity index (χ3v) is 3.53. The molecule has 10 heteroatoms. The summed E-state index contributed by atoms with van der Waals surface area (Å²) in [6.45, 7) is 2.94. The maximum absolute atomic E-state index is 12.9. The Bertz CT molecular complexity index is 762. The summed E-state index contributed by atoms with van der Waals surface area (Å²) >= 11 is 11.5. The molecule has 0 unspecified atom stereocenters. The zero-order valence-corrected chi connectivity index (χ0v) is 14.1. The van der Waals surface area contributed by atoms with E-state index in [2.05, 4.69) is 17.0 Å². The first-order chi connectivity index (χ1) is 11.6. The SMILES string of the molecule is C=CC(Cl)(Cl)COC(=O)Nc1cc(C(F)(F)F)ccc1-n1cccn1. The molecule has 1 heterocycles. The van der Waals surface area contributed by atoms with Gasteiger partial charge in [-0.25, -0.2) is 9.48 Å². The molecule has 134 valence electrons. The third kappa shape index (κ3) is 5.14. The molecule has 5 nitrogen and oxygen atoms in total. The van der Waals surface area contributed by atoms with Crippen molar-refractivity contribution in [2.24, 2.45) is 0 Å². The van der Waals surface area contributed by atoms with Gasteiger partial charge >= 0.3 is 12.3 Å². The number of ether oxygens (including phenoxy) is 1. The number of hydrogen-bond donors (Lipinski definition) is 1. The first kappa shape index (κ1) is 19.1. The van der Waals surface area contributed by atoms with Gasteiger partial charge in [-0.2, -0.15) is 18.3 Å². The maximum atomic E-state index is 12.9. The van der Waals surface area contributed by atoms with E-state index in [1.54, 1.807) is 6.07 Å². The molecule has 1 amide bonds. The van der Waals surface area contributed by atoms with Gasteiger partial charge in [0, 0.05) is 12.4 Å². The second kappa shape index (κ2) is 7.37. The highest BCUT2D eigenvalue weighted by Gasteiger charge is 2.31. The summed E-state index contributed by atoms with van der Waals surface area (Å²) in [5.41, 5.74) is -0.854. The molecule has 0 aliphatic heterocycles. The van der Waals surface area contributed by atoms with Gasteiger partial charge in [-0.1, -0.05) is 35.9 Å². The summed E-state index contributed by atoms with van der Waals surface area (Å²) in [5, 5.41) is 6.17. The average Bonchev–Trinajstić information content (AvgIpc) is 3.06. The Morgan fingerprint density at radius 1 is 1.40 bits per heavy atom. The normalized spacial score (nSPS) is 11.9. The summed E-state index contributed by atoms with van der Waals surface area (Å²) < 4.78 is 43.3. The number of amides is 1. The van der Waals surface area contributed by atoms with Crippen molar-refractivity contribution in [1.82, 2.24) is 9.78 Å². The Kier molecular flexibility index (Phi) is 5.64. The number of halogens is 5. The molecule has 1 N–H and O–H groups in total. The lowest BCUT2D eigenvalue weighted by Crippen LogP contribution is -2.24. The first-order valence-corrected chi connectivity index (χ1v) is 7.54. The third-order valence-electron chi connectivity index (χ3n) is 3.01. The predicted octanol–water partition coefficient (Wildman–Crippen LogP) is 4.80. The number of rotatable bonds is 5. The molecule has 0 aliphatic rings. The Hall–Kier alpha value is -2.19. The van der Waals surface area contributed by atoms with Crippen molar-refractivity contribution in [3.8, 4) is 5.69 Å². The number of nitrogens with one attached hydrogen (secondary N) is 1. The lowest BCUT2D eigenvalue weighted by Gasteiger charge is -2.17. The highest BCUT2D eigenvalue weighted by molar-refractivity contribution is 6.50. The summed E-state index contributed by atoms with van der Waals surface area (Å²) in [5.74, 6) is 0. The lowest BCUT2D eigenvalue weighted by molar-refractivity contribution is -0.137. The summed E-state index contributed by atoms with van der Waals surface area (Å²) in [7, 11) is 0. The van der Waals surface area contributed by atoms with Crippen molar-refractivity contribution >= 4 is 35.0 Å². The van der Waals surface area contributed by atoms with Crippen molar-refractivity contribution in [1.29, 1.82) is 0 Å². The quantitative estimate of drug-likeness (QED) is 0.586. The minimum atomic E-state index is -4.58. The highest BCUT2D eigenvalue weighted by atomic mass is 35.5. The molecule has 1 aromatic carbocycles. The predicted molar refractivity (Wildman–Crippen MR) is 88.2 cm³/mol. The van der Waals surface area contributed by atoms with Crippen molar-refractivity contribution in [3.05, 3.63) is 54.9 Å². The van der Waals surface area contributed by atoms with Crippen LogP contribution in [-0.4, -0.2) is 26.8 Å². The molecule has 0 saturated carbocycles. The molecule has 25 heavy (non-hydrogen) atoms. The van der Waals surface area contributed by atoms with E-state index in [0.717, 1.165) is 18.2 Å². The highest BCUT2D eigenvalue weighted by Crippen LogP contribution is 2.33. The van der Waals surface area contributed by atoms with Crippen LogP contribution in [0.2, 0.25) is 0 Å². The van der Waals surface area contributed by atoms with E-state index in [1.807, 2.05) is 0 Å².